The van der Waals surface area contributed by atoms with Gasteiger partial charge in [-0.05, 0) is 36.4 Å². The lowest BCUT2D eigenvalue weighted by Gasteiger charge is -2.07. The van der Waals surface area contributed by atoms with Gasteiger partial charge in [-0.2, -0.15) is 0 Å². The Bertz CT molecular complexity index is 1020. The van der Waals surface area contributed by atoms with Gasteiger partial charge in [-0.1, -0.05) is 11.6 Å². The van der Waals surface area contributed by atoms with Crippen LogP contribution >= 0.6 is 22.9 Å². The summed E-state index contributed by atoms with van der Waals surface area (Å²) in [5.41, 5.74) is 0.515. The van der Waals surface area contributed by atoms with Crippen molar-refractivity contribution in [3.63, 3.8) is 0 Å². The molecule has 0 spiro atoms. The van der Waals surface area contributed by atoms with Crippen molar-refractivity contribution in [3.8, 4) is 11.5 Å². The number of pyridine rings is 1. The van der Waals surface area contributed by atoms with Gasteiger partial charge in [0, 0.05) is 10.4 Å². The smallest absolute Gasteiger partial charge is 0.274 e. The van der Waals surface area contributed by atoms with Crippen LogP contribution in [-0.2, 0) is 0 Å². The van der Waals surface area contributed by atoms with E-state index >= 15 is 0 Å². The predicted octanol–water partition coefficient (Wildman–Crippen LogP) is 4.49. The summed E-state index contributed by atoms with van der Waals surface area (Å²) in [5, 5.41) is 5.18. The maximum atomic E-state index is 12.4. The van der Waals surface area contributed by atoms with Gasteiger partial charge in [-0.15, -0.1) is 11.3 Å². The van der Waals surface area contributed by atoms with E-state index in [9.17, 15) is 4.79 Å². The van der Waals surface area contributed by atoms with Gasteiger partial charge in [-0.25, -0.2) is 9.97 Å². The van der Waals surface area contributed by atoms with E-state index in [1.165, 1.54) is 11.3 Å². The average Bonchev–Trinajstić information content (AvgIpc) is 3.22. The van der Waals surface area contributed by atoms with Crippen molar-refractivity contribution in [2.75, 3.05) is 5.32 Å². The van der Waals surface area contributed by atoms with Crippen LogP contribution in [0.15, 0.2) is 60.5 Å². The first kappa shape index (κ1) is 15.6. The van der Waals surface area contributed by atoms with Crippen LogP contribution in [0.5, 0.6) is 11.5 Å². The molecule has 4 aromatic rings. The first-order chi connectivity index (χ1) is 12.2. The first-order valence-corrected chi connectivity index (χ1v) is 8.55. The SMILES string of the molecule is O=C(Nc1ccc(Oc2ccc(Cl)cc2)cn1)c1csc2cncn12. The van der Waals surface area contributed by atoms with Crippen LogP contribution in [0.25, 0.3) is 4.83 Å². The number of fused-ring (bicyclic) bond motifs is 1. The van der Waals surface area contributed by atoms with Crippen molar-refractivity contribution in [2.24, 2.45) is 0 Å². The summed E-state index contributed by atoms with van der Waals surface area (Å²) < 4.78 is 7.40. The number of imidazole rings is 1. The Morgan fingerprint density at radius 2 is 1.92 bits per heavy atom. The number of hydrogen-bond acceptors (Lipinski definition) is 5. The molecule has 8 heteroatoms. The highest BCUT2D eigenvalue weighted by atomic mass is 35.5. The van der Waals surface area contributed by atoms with Crippen molar-refractivity contribution < 1.29 is 9.53 Å². The van der Waals surface area contributed by atoms with Crippen molar-refractivity contribution in [1.29, 1.82) is 0 Å². The Kier molecular flexibility index (Phi) is 4.09. The normalized spacial score (nSPS) is 10.8. The fourth-order valence-corrected chi connectivity index (χ4v) is 3.18. The number of hydrogen-bond donors (Lipinski definition) is 1. The van der Waals surface area contributed by atoms with Crippen LogP contribution in [0, 0.1) is 0 Å². The molecule has 3 heterocycles. The number of rotatable bonds is 4. The molecule has 6 nitrogen and oxygen atoms in total. The Hall–Kier alpha value is -2.90. The number of carbonyl (C=O) groups excluding carboxylic acids is 1. The summed E-state index contributed by atoms with van der Waals surface area (Å²) in [7, 11) is 0. The van der Waals surface area contributed by atoms with E-state index in [1.54, 1.807) is 64.9 Å². The minimum atomic E-state index is -0.247. The van der Waals surface area contributed by atoms with Gasteiger partial charge in [0.25, 0.3) is 5.91 Å². The third kappa shape index (κ3) is 3.33. The number of halogens is 1. The highest BCUT2D eigenvalue weighted by Gasteiger charge is 2.13. The van der Waals surface area contributed by atoms with E-state index in [0.717, 1.165) is 4.83 Å². The maximum absolute atomic E-state index is 12.4. The second-order valence-electron chi connectivity index (χ2n) is 5.11. The molecule has 1 amide bonds. The molecule has 0 aliphatic rings. The van der Waals surface area contributed by atoms with Crippen LogP contribution in [-0.4, -0.2) is 20.3 Å². The highest BCUT2D eigenvalue weighted by Crippen LogP contribution is 2.23. The van der Waals surface area contributed by atoms with Crippen LogP contribution < -0.4 is 10.1 Å². The number of nitrogens with one attached hydrogen (secondary N) is 1. The standard InChI is InChI=1S/C17H11ClN4O2S/c18-11-1-3-12(4-2-11)24-13-5-6-15(20-7-13)21-17(23)14-9-25-16-8-19-10-22(14)16/h1-10H,(H,20,21,23). The van der Waals surface area contributed by atoms with Gasteiger partial charge in [0.05, 0.1) is 12.4 Å². The first-order valence-electron chi connectivity index (χ1n) is 7.29. The monoisotopic (exact) mass is 370 g/mol. The second kappa shape index (κ2) is 6.54. The topological polar surface area (TPSA) is 68.5 Å². The quantitative estimate of drug-likeness (QED) is 0.574. The number of anilines is 1. The summed E-state index contributed by atoms with van der Waals surface area (Å²) in [4.78, 5) is 21.5. The highest BCUT2D eigenvalue weighted by molar-refractivity contribution is 7.15. The molecule has 0 unspecified atom stereocenters. The number of carbonyl (C=O) groups is 1. The van der Waals surface area contributed by atoms with Crippen LogP contribution in [0.3, 0.4) is 0 Å². The zero-order valence-electron chi connectivity index (χ0n) is 12.7. The predicted molar refractivity (Wildman–Crippen MR) is 96.8 cm³/mol. The third-order valence-electron chi connectivity index (χ3n) is 3.42. The van der Waals surface area contributed by atoms with Crippen molar-refractivity contribution in [3.05, 3.63) is 71.2 Å². The zero-order chi connectivity index (χ0) is 17.2. The molecule has 0 aliphatic heterocycles. The number of aromatic nitrogens is 3. The van der Waals surface area contributed by atoms with E-state index in [-0.39, 0.29) is 5.91 Å². The number of amides is 1. The summed E-state index contributed by atoms with van der Waals surface area (Å²) >= 11 is 7.30. The molecule has 0 atom stereocenters. The van der Waals surface area contributed by atoms with Gasteiger partial charge >= 0.3 is 0 Å². The number of thiazole rings is 1. The van der Waals surface area contributed by atoms with E-state index in [2.05, 4.69) is 15.3 Å². The molecule has 25 heavy (non-hydrogen) atoms. The van der Waals surface area contributed by atoms with Crippen molar-refractivity contribution in [1.82, 2.24) is 14.4 Å². The molecule has 4 rings (SSSR count). The van der Waals surface area contributed by atoms with E-state index in [1.807, 2.05) is 0 Å². The third-order valence-corrected chi connectivity index (χ3v) is 4.55. The maximum Gasteiger partial charge on any atom is 0.274 e. The summed E-state index contributed by atoms with van der Waals surface area (Å²) in [6.07, 6.45) is 4.87. The van der Waals surface area contributed by atoms with E-state index in [4.69, 9.17) is 16.3 Å². The number of benzene rings is 1. The van der Waals surface area contributed by atoms with E-state index in [0.29, 0.717) is 28.0 Å². The molecular formula is C17H11ClN4O2S. The van der Waals surface area contributed by atoms with Gasteiger partial charge in [0.15, 0.2) is 0 Å². The van der Waals surface area contributed by atoms with Crippen LogP contribution in [0.4, 0.5) is 5.82 Å². The van der Waals surface area contributed by atoms with Crippen LogP contribution in [0.2, 0.25) is 5.02 Å². The molecule has 1 N–H and O–H groups in total. The lowest BCUT2D eigenvalue weighted by molar-refractivity contribution is 0.102. The minimum absolute atomic E-state index is 0.247. The Morgan fingerprint density at radius 3 is 2.68 bits per heavy atom. The second-order valence-corrected chi connectivity index (χ2v) is 6.44. The number of nitrogens with zero attached hydrogens (tertiary/aromatic N) is 3. The zero-order valence-corrected chi connectivity index (χ0v) is 14.3. The Morgan fingerprint density at radius 1 is 1.12 bits per heavy atom. The lowest BCUT2D eigenvalue weighted by atomic mass is 10.3. The molecule has 0 fully saturated rings. The average molecular weight is 371 g/mol. The van der Waals surface area contributed by atoms with E-state index < -0.39 is 0 Å². The summed E-state index contributed by atoms with van der Waals surface area (Å²) in [6, 6.07) is 10.4. The Balaban J connectivity index is 1.46. The van der Waals surface area contributed by atoms with Crippen molar-refractivity contribution in [2.45, 2.75) is 0 Å². The van der Waals surface area contributed by atoms with Gasteiger partial charge < -0.3 is 10.1 Å². The Labute approximate surface area is 151 Å². The molecule has 1 aromatic carbocycles. The van der Waals surface area contributed by atoms with Gasteiger partial charge in [-0.3, -0.25) is 9.20 Å². The van der Waals surface area contributed by atoms with Crippen molar-refractivity contribution >= 4 is 39.5 Å². The lowest BCUT2D eigenvalue weighted by Crippen LogP contribution is -2.14. The van der Waals surface area contributed by atoms with Crippen LogP contribution in [0.1, 0.15) is 10.5 Å². The molecule has 0 radical (unpaired) electrons. The molecule has 0 saturated heterocycles. The minimum Gasteiger partial charge on any atom is -0.456 e. The summed E-state index contributed by atoms with van der Waals surface area (Å²) in [6.45, 7) is 0. The fraction of sp³-hybridized carbons (Fsp3) is 0. The van der Waals surface area contributed by atoms with Gasteiger partial charge in [0.1, 0.15) is 34.2 Å². The largest absolute Gasteiger partial charge is 0.456 e. The molecule has 0 saturated carbocycles. The fourth-order valence-electron chi connectivity index (χ4n) is 2.22. The molecule has 0 bridgehead atoms. The summed E-state index contributed by atoms with van der Waals surface area (Å²) in [5.74, 6) is 1.41. The number of ether oxygens (including phenoxy) is 1. The molecule has 0 aliphatic carbocycles. The molecule has 3 aromatic heterocycles. The molecule has 124 valence electrons. The molecular weight excluding hydrogens is 360 g/mol. The van der Waals surface area contributed by atoms with Gasteiger partial charge in [0.2, 0.25) is 0 Å².